The summed E-state index contributed by atoms with van der Waals surface area (Å²) >= 11 is 0. The van der Waals surface area contributed by atoms with E-state index in [4.69, 9.17) is 4.74 Å². The van der Waals surface area contributed by atoms with Gasteiger partial charge in [0.05, 0.1) is 18.3 Å². The minimum Gasteiger partial charge on any atom is -0.478 e. The number of carbonyl (C=O) groups excluding carboxylic acids is 2. The van der Waals surface area contributed by atoms with Crippen molar-refractivity contribution in [3.8, 4) is 0 Å². The molecule has 0 bridgehead atoms. The van der Waals surface area contributed by atoms with Crippen LogP contribution in [0.2, 0.25) is 0 Å². The molecule has 0 saturated carbocycles. The van der Waals surface area contributed by atoms with Gasteiger partial charge in [0.2, 0.25) is 5.66 Å². The summed E-state index contributed by atoms with van der Waals surface area (Å²) < 4.78 is 5.25. The van der Waals surface area contributed by atoms with E-state index in [1.807, 2.05) is 6.07 Å². The minimum atomic E-state index is -2.09. The second-order valence-corrected chi connectivity index (χ2v) is 8.56. The fourth-order valence-corrected chi connectivity index (χ4v) is 3.89. The average molecular weight is 508 g/mol. The van der Waals surface area contributed by atoms with E-state index in [0.717, 1.165) is 17.5 Å². The van der Waals surface area contributed by atoms with Gasteiger partial charge in [-0.1, -0.05) is 36.4 Å². The molecule has 37 heavy (non-hydrogen) atoms. The number of rotatable bonds is 11. The summed E-state index contributed by atoms with van der Waals surface area (Å²) in [6.07, 6.45) is 1.54. The Labute approximate surface area is 212 Å². The van der Waals surface area contributed by atoms with Gasteiger partial charge in [-0.3, -0.25) is 20.2 Å². The molecule has 2 amide bonds. The molecule has 0 aliphatic carbocycles. The number of hydrogen-bond acceptors (Lipinski definition) is 8. The third kappa shape index (κ3) is 6.75. The van der Waals surface area contributed by atoms with Crippen molar-refractivity contribution in [1.29, 1.82) is 0 Å². The van der Waals surface area contributed by atoms with Gasteiger partial charge in [-0.25, -0.2) is 9.59 Å². The number of nitrogens with zero attached hydrogens (tertiary/aromatic N) is 2. The zero-order chi connectivity index (χ0) is 26.1. The smallest absolute Gasteiger partial charge is 0.409 e. The lowest BCUT2D eigenvalue weighted by atomic mass is 10.0. The lowest BCUT2D eigenvalue weighted by molar-refractivity contribution is -0.146. The van der Waals surface area contributed by atoms with Gasteiger partial charge in [-0.05, 0) is 30.5 Å². The molecule has 4 rings (SSSR count). The van der Waals surface area contributed by atoms with Crippen molar-refractivity contribution in [1.82, 2.24) is 31.5 Å². The Balaban J connectivity index is 1.45. The summed E-state index contributed by atoms with van der Waals surface area (Å²) in [6, 6.07) is 13.8. The largest absolute Gasteiger partial charge is 0.478 e. The lowest BCUT2D eigenvalue weighted by Crippen LogP contribution is -2.65. The number of fused-ring (bicyclic) bond motifs is 1. The van der Waals surface area contributed by atoms with E-state index in [1.54, 1.807) is 48.7 Å². The second-order valence-electron chi connectivity index (χ2n) is 8.56. The van der Waals surface area contributed by atoms with Gasteiger partial charge in [0, 0.05) is 30.5 Å². The number of nitrogens with one attached hydrogen (secondary N) is 5. The number of amides is 2. The first-order valence-corrected chi connectivity index (χ1v) is 12.0. The summed E-state index contributed by atoms with van der Waals surface area (Å²) in [5.41, 5.74) is -0.506. The molecule has 12 heteroatoms. The number of H-pyrrole nitrogens is 1. The zero-order valence-electron chi connectivity index (χ0n) is 20.1. The van der Waals surface area contributed by atoms with Crippen molar-refractivity contribution in [2.45, 2.75) is 31.5 Å². The zero-order valence-corrected chi connectivity index (χ0v) is 20.1. The maximum absolute atomic E-state index is 13.1. The summed E-state index contributed by atoms with van der Waals surface area (Å²) in [5.74, 6) is -1.37. The summed E-state index contributed by atoms with van der Waals surface area (Å²) in [6.45, 7) is 1.97. The van der Waals surface area contributed by atoms with Crippen molar-refractivity contribution in [3.63, 3.8) is 0 Å². The highest BCUT2D eigenvalue weighted by molar-refractivity contribution is 6.01. The van der Waals surface area contributed by atoms with Crippen LogP contribution in [0.25, 0.3) is 10.9 Å². The number of benzene rings is 2. The first kappa shape index (κ1) is 25.5. The Kier molecular flexibility index (Phi) is 8.18. The van der Waals surface area contributed by atoms with Gasteiger partial charge in [0.1, 0.15) is 6.61 Å². The molecule has 1 unspecified atom stereocenters. The standard InChI is InChI=1S/C25H29N7O5/c33-21(18-8-9-19-15-29-32-20(19)14-18)30-25(22(34)35,10-4-5-11-26-23-27-12-13-28-23)31-24(36)37-16-17-6-2-1-3-7-17/h1-3,6-9,14-15H,4-5,10-13,16H2,(H,29,32)(H,30,33)(H,31,36)(H,34,35)(H2,26,27,28). The Hall–Kier alpha value is -4.61. The van der Waals surface area contributed by atoms with Crippen LogP contribution in [0.3, 0.4) is 0 Å². The molecule has 3 aromatic rings. The van der Waals surface area contributed by atoms with Gasteiger partial charge in [-0.2, -0.15) is 5.10 Å². The maximum Gasteiger partial charge on any atom is 0.409 e. The summed E-state index contributed by atoms with van der Waals surface area (Å²) in [7, 11) is 0. The van der Waals surface area contributed by atoms with Gasteiger partial charge in [0.25, 0.3) is 5.91 Å². The number of aromatic amines is 1. The Morgan fingerprint density at radius 3 is 2.68 bits per heavy atom. The van der Waals surface area contributed by atoms with Crippen LogP contribution in [0.5, 0.6) is 0 Å². The Morgan fingerprint density at radius 2 is 1.92 bits per heavy atom. The lowest BCUT2D eigenvalue weighted by Gasteiger charge is -2.31. The number of ether oxygens (including phenoxy) is 1. The highest BCUT2D eigenvalue weighted by atomic mass is 16.5. The predicted octanol–water partition coefficient (Wildman–Crippen LogP) is 1.72. The van der Waals surface area contributed by atoms with Gasteiger partial charge in [-0.15, -0.1) is 0 Å². The Bertz CT molecular complexity index is 1280. The van der Waals surface area contributed by atoms with Crippen LogP contribution >= 0.6 is 0 Å². The van der Waals surface area contributed by atoms with Crippen LogP contribution in [0.15, 0.2) is 59.7 Å². The van der Waals surface area contributed by atoms with E-state index < -0.39 is 23.6 Å². The average Bonchev–Trinajstić information content (AvgIpc) is 3.59. The van der Waals surface area contributed by atoms with Crippen molar-refractivity contribution in [2.24, 2.45) is 4.99 Å². The van der Waals surface area contributed by atoms with E-state index in [9.17, 15) is 19.5 Å². The number of hydrogen-bond donors (Lipinski definition) is 6. The maximum atomic E-state index is 13.1. The van der Waals surface area contributed by atoms with E-state index >= 15 is 0 Å². The second kappa shape index (κ2) is 11.9. The molecular weight excluding hydrogens is 478 g/mol. The van der Waals surface area contributed by atoms with E-state index in [2.05, 4.69) is 36.5 Å². The number of aromatic nitrogens is 2. The van der Waals surface area contributed by atoms with Crippen molar-refractivity contribution in [2.75, 3.05) is 19.6 Å². The number of alkyl carbamates (subject to hydrolysis) is 1. The molecule has 0 radical (unpaired) electrons. The quantitative estimate of drug-likeness (QED) is 0.168. The Morgan fingerprint density at radius 1 is 1.08 bits per heavy atom. The number of guanidine groups is 1. The minimum absolute atomic E-state index is 0.0498. The first-order valence-electron chi connectivity index (χ1n) is 12.0. The molecule has 1 aliphatic rings. The topological polar surface area (TPSA) is 170 Å². The molecule has 12 nitrogen and oxygen atoms in total. The SMILES string of the molecule is O=C(NC(CCCCNC1=NCCN1)(NC(=O)c1ccc2cn[nH]c2c1)C(=O)O)OCc1ccccc1. The molecule has 2 heterocycles. The van der Waals surface area contributed by atoms with E-state index in [0.29, 0.717) is 37.4 Å². The molecule has 6 N–H and O–H groups in total. The highest BCUT2D eigenvalue weighted by Crippen LogP contribution is 2.17. The fourth-order valence-electron chi connectivity index (χ4n) is 3.89. The van der Waals surface area contributed by atoms with Crippen LogP contribution in [0.4, 0.5) is 4.79 Å². The van der Waals surface area contributed by atoms with Gasteiger partial charge in [0.15, 0.2) is 5.96 Å². The number of carbonyl (C=O) groups is 3. The molecular formula is C25H29N7O5. The number of carboxylic acid groups (broad SMARTS) is 1. The molecule has 1 atom stereocenters. The molecule has 0 spiro atoms. The third-order valence-corrected chi connectivity index (χ3v) is 5.87. The van der Waals surface area contributed by atoms with Crippen LogP contribution in [0.1, 0.15) is 35.2 Å². The summed E-state index contributed by atoms with van der Waals surface area (Å²) in [4.78, 5) is 42.5. The van der Waals surface area contributed by atoms with Crippen LogP contribution < -0.4 is 21.3 Å². The van der Waals surface area contributed by atoms with Crippen molar-refractivity contribution < 1.29 is 24.2 Å². The highest BCUT2D eigenvalue weighted by Gasteiger charge is 2.42. The molecule has 194 valence electrons. The molecule has 2 aromatic carbocycles. The van der Waals surface area contributed by atoms with Crippen molar-refractivity contribution in [3.05, 3.63) is 65.9 Å². The fraction of sp³-hybridized carbons (Fsp3) is 0.320. The van der Waals surface area contributed by atoms with Crippen LogP contribution in [-0.4, -0.2) is 64.5 Å². The number of aliphatic carboxylic acids is 1. The number of aliphatic imine (C=N–C) groups is 1. The normalized spacial score (nSPS) is 14.2. The molecule has 1 aliphatic heterocycles. The number of carboxylic acids is 1. The third-order valence-electron chi connectivity index (χ3n) is 5.87. The van der Waals surface area contributed by atoms with Gasteiger partial charge >= 0.3 is 12.1 Å². The van der Waals surface area contributed by atoms with Gasteiger partial charge < -0.3 is 25.8 Å². The monoisotopic (exact) mass is 507 g/mol. The van der Waals surface area contributed by atoms with Crippen LogP contribution in [-0.2, 0) is 16.1 Å². The predicted molar refractivity (Wildman–Crippen MR) is 136 cm³/mol. The van der Waals surface area contributed by atoms with Crippen LogP contribution in [0, 0.1) is 0 Å². The summed E-state index contributed by atoms with van der Waals surface area (Å²) in [5, 5.41) is 28.8. The first-order chi connectivity index (χ1) is 17.9. The number of unbranched alkanes of at least 4 members (excludes halogenated alkanes) is 1. The van der Waals surface area contributed by atoms with Crippen molar-refractivity contribution >= 4 is 34.8 Å². The molecule has 1 aromatic heterocycles. The van der Waals surface area contributed by atoms with E-state index in [-0.39, 0.29) is 18.6 Å². The molecule has 0 saturated heterocycles. The van der Waals surface area contributed by atoms with E-state index in [1.165, 1.54) is 0 Å². The molecule has 0 fully saturated rings.